The molecule has 0 spiro atoms. The molecular formula is C12H19IO3. The molecule has 16 heavy (non-hydrogen) atoms. The summed E-state index contributed by atoms with van der Waals surface area (Å²) in [6.07, 6.45) is 2.49. The lowest BCUT2D eigenvalue weighted by molar-refractivity contribution is -0.146. The third-order valence-corrected chi connectivity index (χ3v) is 4.80. The van der Waals surface area contributed by atoms with Gasteiger partial charge in [-0.15, -0.1) is 0 Å². The number of rotatable bonds is 2. The first-order valence-corrected chi connectivity index (χ1v) is 7.51. The Bertz CT molecular complexity index is 279. The van der Waals surface area contributed by atoms with Crippen molar-refractivity contribution in [2.24, 2.45) is 5.92 Å². The molecule has 0 aromatic carbocycles. The van der Waals surface area contributed by atoms with Gasteiger partial charge in [0.1, 0.15) is 0 Å². The zero-order valence-corrected chi connectivity index (χ0v) is 12.0. The van der Waals surface area contributed by atoms with Crippen LogP contribution in [0.5, 0.6) is 0 Å². The molecule has 2 aliphatic rings. The number of hydrogen-bond donors (Lipinski definition) is 0. The molecule has 0 radical (unpaired) electrons. The SMILES string of the molecule is CC(C)[C@@H]1CCC(=O)[C@]2(CI)OCC[C@@H]2O1. The molecular weight excluding hydrogens is 319 g/mol. The normalized spacial score (nSPS) is 39.9. The van der Waals surface area contributed by atoms with Crippen molar-refractivity contribution >= 4 is 28.4 Å². The Labute approximate surface area is 110 Å². The average molecular weight is 338 g/mol. The molecule has 0 saturated carbocycles. The van der Waals surface area contributed by atoms with Gasteiger partial charge in [-0.25, -0.2) is 0 Å². The molecule has 0 N–H and O–H groups in total. The topological polar surface area (TPSA) is 35.5 Å². The van der Waals surface area contributed by atoms with Gasteiger partial charge in [0.05, 0.1) is 18.8 Å². The zero-order chi connectivity index (χ0) is 11.8. The number of halogens is 1. The maximum absolute atomic E-state index is 12.2. The summed E-state index contributed by atoms with van der Waals surface area (Å²) in [5.41, 5.74) is -0.635. The minimum absolute atomic E-state index is 0.0215. The van der Waals surface area contributed by atoms with Crippen LogP contribution in [0, 0.1) is 5.92 Å². The van der Waals surface area contributed by atoms with Gasteiger partial charge < -0.3 is 9.47 Å². The van der Waals surface area contributed by atoms with Crippen LogP contribution in [0.2, 0.25) is 0 Å². The van der Waals surface area contributed by atoms with Gasteiger partial charge in [0.15, 0.2) is 11.4 Å². The van der Waals surface area contributed by atoms with E-state index in [-0.39, 0.29) is 18.0 Å². The Kier molecular flexibility index (Phi) is 3.91. The summed E-state index contributed by atoms with van der Waals surface area (Å²) in [5.74, 6) is 0.714. The Hall–Kier alpha value is 0.320. The van der Waals surface area contributed by atoms with Crippen LogP contribution < -0.4 is 0 Å². The molecule has 2 saturated heterocycles. The van der Waals surface area contributed by atoms with Gasteiger partial charge >= 0.3 is 0 Å². The molecule has 0 aliphatic carbocycles. The van der Waals surface area contributed by atoms with E-state index in [1.165, 1.54) is 0 Å². The van der Waals surface area contributed by atoms with Gasteiger partial charge in [-0.2, -0.15) is 0 Å². The third-order valence-electron chi connectivity index (χ3n) is 3.67. The Balaban J connectivity index is 2.22. The monoisotopic (exact) mass is 338 g/mol. The van der Waals surface area contributed by atoms with Gasteiger partial charge in [0.2, 0.25) is 0 Å². The molecule has 2 fully saturated rings. The van der Waals surface area contributed by atoms with Crippen molar-refractivity contribution in [1.82, 2.24) is 0 Å². The van der Waals surface area contributed by atoms with Crippen molar-refractivity contribution in [3.63, 3.8) is 0 Å². The summed E-state index contributed by atoms with van der Waals surface area (Å²) in [5, 5.41) is 0. The van der Waals surface area contributed by atoms with Crippen LogP contribution in [0.4, 0.5) is 0 Å². The lowest BCUT2D eigenvalue weighted by Gasteiger charge is -2.30. The summed E-state index contributed by atoms with van der Waals surface area (Å²) in [6.45, 7) is 4.97. The van der Waals surface area contributed by atoms with Gasteiger partial charge in [0.25, 0.3) is 0 Å². The summed E-state index contributed by atoms with van der Waals surface area (Å²) in [6, 6.07) is 0. The highest BCUT2D eigenvalue weighted by Crippen LogP contribution is 2.38. The molecule has 4 heteroatoms. The lowest BCUT2D eigenvalue weighted by Crippen LogP contribution is -2.49. The number of hydrogen-bond acceptors (Lipinski definition) is 3. The summed E-state index contributed by atoms with van der Waals surface area (Å²) >= 11 is 2.25. The van der Waals surface area contributed by atoms with Gasteiger partial charge in [-0.1, -0.05) is 36.4 Å². The first-order valence-electron chi connectivity index (χ1n) is 5.99. The fourth-order valence-corrected chi connectivity index (χ4v) is 3.70. The standard InChI is InChI=1S/C12H19IO3/c1-8(2)9-3-4-10(14)12(7-13)11(16-9)5-6-15-12/h8-9,11H,3-7H2,1-2H3/t9-,11-,12-/m0/s1. The minimum atomic E-state index is -0.635. The van der Waals surface area contributed by atoms with E-state index >= 15 is 0 Å². The number of fused-ring (bicyclic) bond motifs is 1. The molecule has 3 nitrogen and oxygen atoms in total. The van der Waals surface area contributed by atoms with Crippen molar-refractivity contribution in [2.75, 3.05) is 11.0 Å². The maximum Gasteiger partial charge on any atom is 0.168 e. The summed E-state index contributed by atoms with van der Waals surface area (Å²) < 4.78 is 12.6. The second kappa shape index (κ2) is 4.90. The van der Waals surface area contributed by atoms with E-state index in [2.05, 4.69) is 36.4 Å². The third kappa shape index (κ3) is 2.04. The predicted molar refractivity (Wildman–Crippen MR) is 69.9 cm³/mol. The average Bonchev–Trinajstić information content (AvgIpc) is 2.61. The number of alkyl halides is 1. The first-order chi connectivity index (χ1) is 7.60. The number of ketones is 1. The molecule has 2 heterocycles. The Morgan fingerprint density at radius 2 is 2.25 bits per heavy atom. The second-order valence-electron chi connectivity index (χ2n) is 5.03. The van der Waals surface area contributed by atoms with Crippen LogP contribution >= 0.6 is 22.6 Å². The molecule has 0 bridgehead atoms. The second-order valence-corrected chi connectivity index (χ2v) is 5.79. The van der Waals surface area contributed by atoms with Crippen molar-refractivity contribution in [3.8, 4) is 0 Å². The van der Waals surface area contributed by atoms with E-state index in [0.717, 1.165) is 12.8 Å². The van der Waals surface area contributed by atoms with Crippen LogP contribution in [0.15, 0.2) is 0 Å². The fourth-order valence-electron chi connectivity index (χ4n) is 2.57. The number of carbonyl (C=O) groups excluding carboxylic acids is 1. The predicted octanol–water partition coefficient (Wildman–Crippen LogP) is 2.35. The lowest BCUT2D eigenvalue weighted by atomic mass is 9.92. The molecule has 3 atom stereocenters. The number of carbonyl (C=O) groups is 1. The summed E-state index contributed by atoms with van der Waals surface area (Å²) in [7, 11) is 0. The highest BCUT2D eigenvalue weighted by Gasteiger charge is 2.52. The Morgan fingerprint density at radius 3 is 2.88 bits per heavy atom. The van der Waals surface area contributed by atoms with Crippen LogP contribution in [0.3, 0.4) is 0 Å². The fraction of sp³-hybridized carbons (Fsp3) is 0.917. The van der Waals surface area contributed by atoms with E-state index < -0.39 is 5.60 Å². The van der Waals surface area contributed by atoms with Crippen molar-refractivity contribution < 1.29 is 14.3 Å². The van der Waals surface area contributed by atoms with E-state index in [1.54, 1.807) is 0 Å². The number of Topliss-reactive ketones (excluding diaryl/α,β-unsaturated/α-hetero) is 1. The summed E-state index contributed by atoms with van der Waals surface area (Å²) in [4.78, 5) is 12.2. The Morgan fingerprint density at radius 1 is 1.50 bits per heavy atom. The molecule has 0 aromatic rings. The van der Waals surface area contributed by atoms with Crippen LogP contribution in [0.25, 0.3) is 0 Å². The first kappa shape index (κ1) is 12.8. The quantitative estimate of drug-likeness (QED) is 0.573. The smallest absolute Gasteiger partial charge is 0.168 e. The highest BCUT2D eigenvalue weighted by molar-refractivity contribution is 14.1. The van der Waals surface area contributed by atoms with E-state index in [1.807, 2.05) is 0 Å². The van der Waals surface area contributed by atoms with Crippen LogP contribution in [0.1, 0.15) is 33.1 Å². The van der Waals surface area contributed by atoms with Crippen LogP contribution in [-0.2, 0) is 14.3 Å². The molecule has 92 valence electrons. The van der Waals surface area contributed by atoms with Crippen molar-refractivity contribution in [1.29, 1.82) is 0 Å². The van der Waals surface area contributed by atoms with E-state index in [0.29, 0.717) is 23.4 Å². The molecule has 0 unspecified atom stereocenters. The molecule has 0 aromatic heterocycles. The van der Waals surface area contributed by atoms with E-state index in [9.17, 15) is 4.79 Å². The van der Waals surface area contributed by atoms with E-state index in [4.69, 9.17) is 9.47 Å². The number of ether oxygens (including phenoxy) is 2. The molecule has 2 rings (SSSR count). The largest absolute Gasteiger partial charge is 0.371 e. The highest BCUT2D eigenvalue weighted by atomic mass is 127. The maximum atomic E-state index is 12.2. The molecule has 0 amide bonds. The molecule has 2 aliphatic heterocycles. The van der Waals surface area contributed by atoms with Crippen LogP contribution in [-0.4, -0.2) is 34.6 Å². The minimum Gasteiger partial charge on any atom is -0.371 e. The van der Waals surface area contributed by atoms with Crippen molar-refractivity contribution in [3.05, 3.63) is 0 Å². The van der Waals surface area contributed by atoms with Gasteiger partial charge in [-0.3, -0.25) is 4.79 Å². The van der Waals surface area contributed by atoms with Crippen molar-refractivity contribution in [2.45, 2.75) is 50.9 Å². The van der Waals surface area contributed by atoms with Gasteiger partial charge in [-0.05, 0) is 12.3 Å². The zero-order valence-electron chi connectivity index (χ0n) is 9.87. The van der Waals surface area contributed by atoms with Gasteiger partial charge in [0, 0.05) is 17.3 Å².